The summed E-state index contributed by atoms with van der Waals surface area (Å²) in [4.78, 5) is 24.4. The smallest absolute Gasteiger partial charge is 0.339 e. The molecular formula is C22H20N2O5. The highest BCUT2D eigenvalue weighted by Crippen LogP contribution is 2.44. The van der Waals surface area contributed by atoms with Gasteiger partial charge in [-0.2, -0.15) is 0 Å². The third kappa shape index (κ3) is 3.20. The van der Waals surface area contributed by atoms with Gasteiger partial charge >= 0.3 is 5.97 Å². The molecule has 3 aromatic rings. The Hall–Kier alpha value is -3.74. The fraction of sp³-hybridized carbons (Fsp3) is 0.182. The zero-order chi connectivity index (χ0) is 20.5. The van der Waals surface area contributed by atoms with E-state index in [2.05, 4.69) is 5.32 Å². The number of para-hydroxylation sites is 1. The van der Waals surface area contributed by atoms with E-state index in [1.54, 1.807) is 18.8 Å². The lowest BCUT2D eigenvalue weighted by atomic mass is 9.87. The summed E-state index contributed by atoms with van der Waals surface area (Å²) >= 11 is 0. The Kier molecular flexibility index (Phi) is 4.72. The van der Waals surface area contributed by atoms with Crippen molar-refractivity contribution in [3.63, 3.8) is 0 Å². The number of anilines is 1. The molecule has 2 heterocycles. The Morgan fingerprint density at radius 3 is 2.66 bits per heavy atom. The van der Waals surface area contributed by atoms with Crippen LogP contribution in [0, 0.1) is 0 Å². The number of nitrogens with one attached hydrogen (secondary N) is 1. The van der Waals surface area contributed by atoms with Crippen LogP contribution in [0.1, 0.15) is 34.0 Å². The second kappa shape index (κ2) is 7.35. The van der Waals surface area contributed by atoms with E-state index < -0.39 is 5.97 Å². The molecule has 7 nitrogen and oxygen atoms in total. The molecule has 0 saturated heterocycles. The molecule has 4 rings (SSSR count). The molecule has 148 valence electrons. The average molecular weight is 392 g/mol. The van der Waals surface area contributed by atoms with Crippen LogP contribution in [0.2, 0.25) is 0 Å². The number of carbonyl (C=O) groups excluding carboxylic acids is 1. The number of methoxy groups -OCH3 is 2. The normalized spacial score (nSPS) is 15.4. The molecule has 1 aromatic heterocycles. The highest BCUT2D eigenvalue weighted by Gasteiger charge is 2.35. The first-order chi connectivity index (χ1) is 14.0. The Morgan fingerprint density at radius 2 is 1.93 bits per heavy atom. The zero-order valence-corrected chi connectivity index (χ0v) is 16.0. The van der Waals surface area contributed by atoms with Gasteiger partial charge < -0.3 is 24.5 Å². The Bertz CT molecular complexity index is 1100. The lowest BCUT2D eigenvalue weighted by Crippen LogP contribution is -2.25. The molecule has 1 aliphatic rings. The lowest BCUT2D eigenvalue weighted by molar-refractivity contribution is -0.116. The van der Waals surface area contributed by atoms with E-state index in [4.69, 9.17) is 9.47 Å². The van der Waals surface area contributed by atoms with Gasteiger partial charge in [0.2, 0.25) is 5.91 Å². The van der Waals surface area contributed by atoms with Gasteiger partial charge in [0.05, 0.1) is 25.6 Å². The first kappa shape index (κ1) is 18.6. The number of carbonyl (C=O) groups is 2. The van der Waals surface area contributed by atoms with E-state index in [0.29, 0.717) is 22.9 Å². The van der Waals surface area contributed by atoms with Crippen LogP contribution >= 0.6 is 0 Å². The van der Waals surface area contributed by atoms with Crippen LogP contribution in [0.15, 0.2) is 54.7 Å². The third-order valence-corrected chi connectivity index (χ3v) is 5.10. The summed E-state index contributed by atoms with van der Waals surface area (Å²) in [6.07, 6.45) is 1.72. The maximum absolute atomic E-state index is 12.5. The number of ether oxygens (including phenoxy) is 2. The first-order valence-corrected chi connectivity index (χ1v) is 9.09. The monoisotopic (exact) mass is 392 g/mol. The summed E-state index contributed by atoms with van der Waals surface area (Å²) in [5.74, 6) is -0.415. The number of rotatable bonds is 5. The molecule has 2 N–H and O–H groups in total. The minimum absolute atomic E-state index is 0.0377. The van der Waals surface area contributed by atoms with E-state index in [1.165, 1.54) is 6.20 Å². The van der Waals surface area contributed by atoms with Crippen LogP contribution in [0.3, 0.4) is 0 Å². The second-order valence-electron chi connectivity index (χ2n) is 6.73. The summed E-state index contributed by atoms with van der Waals surface area (Å²) in [5, 5.41) is 12.5. The van der Waals surface area contributed by atoms with Crippen molar-refractivity contribution in [2.24, 2.45) is 0 Å². The van der Waals surface area contributed by atoms with Crippen LogP contribution in [0.25, 0.3) is 5.69 Å². The molecule has 0 bridgehead atoms. The molecule has 0 fully saturated rings. The van der Waals surface area contributed by atoms with Gasteiger partial charge in [0.1, 0.15) is 17.1 Å². The summed E-state index contributed by atoms with van der Waals surface area (Å²) in [5.41, 5.74) is 2.61. The van der Waals surface area contributed by atoms with Crippen molar-refractivity contribution in [1.82, 2.24) is 4.57 Å². The molecule has 1 aliphatic heterocycles. The Labute approximate surface area is 167 Å². The highest BCUT2D eigenvalue weighted by molar-refractivity contribution is 6.04. The van der Waals surface area contributed by atoms with E-state index in [0.717, 1.165) is 11.3 Å². The van der Waals surface area contributed by atoms with E-state index in [9.17, 15) is 14.7 Å². The molecule has 7 heteroatoms. The fourth-order valence-corrected chi connectivity index (χ4v) is 3.82. The molecule has 0 radical (unpaired) electrons. The molecule has 0 spiro atoms. The van der Waals surface area contributed by atoms with Gasteiger partial charge in [0.15, 0.2) is 0 Å². The van der Waals surface area contributed by atoms with E-state index in [1.807, 2.05) is 48.5 Å². The third-order valence-electron chi connectivity index (χ3n) is 5.10. The molecule has 29 heavy (non-hydrogen) atoms. The van der Waals surface area contributed by atoms with Crippen molar-refractivity contribution in [2.75, 3.05) is 19.5 Å². The molecule has 0 aliphatic carbocycles. The van der Waals surface area contributed by atoms with Crippen molar-refractivity contribution in [3.8, 4) is 17.2 Å². The number of aromatic nitrogens is 1. The molecule has 1 atom stereocenters. The number of carboxylic acid groups (broad SMARTS) is 1. The molecule has 2 aromatic carbocycles. The van der Waals surface area contributed by atoms with Gasteiger partial charge in [0, 0.05) is 35.9 Å². The SMILES string of the molecule is COc1cccc(-n2cc(C(=O)O)c3c2[C@H](c2ccccc2OC)CC(=O)N3)c1. The Balaban J connectivity index is 1.99. The predicted octanol–water partition coefficient (Wildman–Crippen LogP) is 3.67. The number of fused-ring (bicyclic) bond motifs is 1. The van der Waals surface area contributed by atoms with Crippen molar-refractivity contribution in [1.29, 1.82) is 0 Å². The number of hydrogen-bond acceptors (Lipinski definition) is 4. The van der Waals surface area contributed by atoms with Crippen LogP contribution in [0.4, 0.5) is 5.69 Å². The first-order valence-electron chi connectivity index (χ1n) is 9.09. The van der Waals surface area contributed by atoms with Crippen LogP contribution in [0.5, 0.6) is 11.5 Å². The van der Waals surface area contributed by atoms with Crippen LogP contribution in [-0.4, -0.2) is 35.8 Å². The number of nitrogens with zero attached hydrogens (tertiary/aromatic N) is 1. The van der Waals surface area contributed by atoms with Crippen molar-refractivity contribution >= 4 is 17.6 Å². The van der Waals surface area contributed by atoms with Crippen LogP contribution < -0.4 is 14.8 Å². The summed E-state index contributed by atoms with van der Waals surface area (Å²) in [7, 11) is 3.15. The average Bonchev–Trinajstić information content (AvgIpc) is 3.12. The van der Waals surface area contributed by atoms with Crippen molar-refractivity contribution in [3.05, 3.63) is 71.5 Å². The minimum atomic E-state index is -1.11. The number of hydrogen-bond donors (Lipinski definition) is 2. The summed E-state index contributed by atoms with van der Waals surface area (Å²) < 4.78 is 12.6. The van der Waals surface area contributed by atoms with Gasteiger partial charge in [0.25, 0.3) is 0 Å². The minimum Gasteiger partial charge on any atom is -0.497 e. The number of amides is 1. The number of aromatic carboxylic acids is 1. The summed E-state index contributed by atoms with van der Waals surface area (Å²) in [6.45, 7) is 0. The molecule has 0 saturated carbocycles. The van der Waals surface area contributed by atoms with Gasteiger partial charge in [-0.05, 0) is 18.2 Å². The second-order valence-corrected chi connectivity index (χ2v) is 6.73. The van der Waals surface area contributed by atoms with E-state index >= 15 is 0 Å². The predicted molar refractivity (Wildman–Crippen MR) is 107 cm³/mol. The van der Waals surface area contributed by atoms with Crippen molar-refractivity contribution in [2.45, 2.75) is 12.3 Å². The highest BCUT2D eigenvalue weighted by atomic mass is 16.5. The standard InChI is InChI=1S/C22H20N2O5/c1-28-14-7-5-6-13(10-14)24-12-17(22(26)27)20-21(24)16(11-19(25)23-20)15-8-3-4-9-18(15)29-2/h3-10,12,16H,11H2,1-2H3,(H,23,25)(H,26,27)/t16-/m0/s1. The van der Waals surface area contributed by atoms with Crippen LogP contribution in [-0.2, 0) is 4.79 Å². The number of carboxylic acids is 1. The quantitative estimate of drug-likeness (QED) is 0.692. The van der Waals surface area contributed by atoms with Gasteiger partial charge in [-0.15, -0.1) is 0 Å². The van der Waals surface area contributed by atoms with E-state index in [-0.39, 0.29) is 23.8 Å². The topological polar surface area (TPSA) is 89.8 Å². The van der Waals surface area contributed by atoms with Gasteiger partial charge in [-0.25, -0.2) is 4.79 Å². The Morgan fingerprint density at radius 1 is 1.14 bits per heavy atom. The van der Waals surface area contributed by atoms with Crippen molar-refractivity contribution < 1.29 is 24.2 Å². The zero-order valence-electron chi connectivity index (χ0n) is 16.0. The molecule has 0 unspecified atom stereocenters. The molecular weight excluding hydrogens is 372 g/mol. The largest absolute Gasteiger partial charge is 0.497 e. The van der Waals surface area contributed by atoms with Gasteiger partial charge in [-0.1, -0.05) is 24.3 Å². The fourth-order valence-electron chi connectivity index (χ4n) is 3.82. The summed E-state index contributed by atoms with van der Waals surface area (Å²) in [6, 6.07) is 14.8. The lowest BCUT2D eigenvalue weighted by Gasteiger charge is -2.27. The molecule has 1 amide bonds. The maximum Gasteiger partial charge on any atom is 0.339 e. The maximum atomic E-state index is 12.5. The number of benzene rings is 2. The van der Waals surface area contributed by atoms with Gasteiger partial charge in [-0.3, -0.25) is 4.79 Å².